The zero-order valence-electron chi connectivity index (χ0n) is 17.6. The van der Waals surface area contributed by atoms with Gasteiger partial charge in [0, 0.05) is 38.1 Å². The molecule has 0 N–H and O–H groups in total. The van der Waals surface area contributed by atoms with Crippen LogP contribution in [0.3, 0.4) is 0 Å². The molecule has 4 aromatic carbocycles. The van der Waals surface area contributed by atoms with Crippen LogP contribution in [0.4, 0.5) is 0 Å². The van der Waals surface area contributed by atoms with Crippen molar-refractivity contribution in [3.63, 3.8) is 0 Å². The van der Waals surface area contributed by atoms with E-state index in [0.717, 1.165) is 16.6 Å². The van der Waals surface area contributed by atoms with Crippen LogP contribution in [-0.2, 0) is 20.1 Å². The van der Waals surface area contributed by atoms with Crippen molar-refractivity contribution in [2.24, 2.45) is 0 Å². The number of hydrogen-bond acceptors (Lipinski definition) is 2. The van der Waals surface area contributed by atoms with Crippen molar-refractivity contribution < 1.29 is 20.1 Å². The van der Waals surface area contributed by atoms with Crippen LogP contribution >= 0.6 is 0 Å². The smallest absolute Gasteiger partial charge is 0.0704 e. The summed E-state index contributed by atoms with van der Waals surface area (Å²) in [6.45, 7) is 2.10. The summed E-state index contributed by atoms with van der Waals surface area (Å²) in [5, 5.41) is 5.92. The van der Waals surface area contributed by atoms with Gasteiger partial charge in [-0.3, -0.25) is 4.98 Å². The summed E-state index contributed by atoms with van der Waals surface area (Å²) >= 11 is 0. The Hall–Kier alpha value is -3.39. The predicted octanol–water partition coefficient (Wildman–Crippen LogP) is 7.40. The minimum absolute atomic E-state index is 0. The molecule has 0 amide bonds. The number of benzene rings is 4. The second-order valence-corrected chi connectivity index (χ2v) is 7.47. The number of hydrogen-bond donors (Lipinski definition) is 0. The van der Waals surface area contributed by atoms with Crippen LogP contribution in [0, 0.1) is 13.0 Å². The van der Waals surface area contributed by atoms with Crippen molar-refractivity contribution in [1.29, 1.82) is 0 Å². The van der Waals surface area contributed by atoms with E-state index in [-0.39, 0.29) is 20.1 Å². The number of pyridine rings is 2. The molecule has 0 fully saturated rings. The quantitative estimate of drug-likeness (QED) is 0.148. The summed E-state index contributed by atoms with van der Waals surface area (Å²) in [5.74, 6) is 0. The normalized spacial score (nSPS) is 10.4. The van der Waals surface area contributed by atoms with Crippen LogP contribution in [0.15, 0.2) is 109 Å². The molecule has 32 heavy (non-hydrogen) atoms. The molecule has 0 bridgehead atoms. The number of rotatable bonds is 1. The Morgan fingerprint density at radius 2 is 1.44 bits per heavy atom. The molecule has 0 saturated carbocycles. The Kier molecular flexibility index (Phi) is 6.70. The van der Waals surface area contributed by atoms with Crippen molar-refractivity contribution >= 4 is 32.4 Å². The van der Waals surface area contributed by atoms with Gasteiger partial charge in [-0.2, -0.15) is 0 Å². The van der Waals surface area contributed by atoms with Crippen molar-refractivity contribution in [2.75, 3.05) is 0 Å². The molecule has 0 aliphatic heterocycles. The molecule has 0 saturated heterocycles. The average Bonchev–Trinajstić information content (AvgIpc) is 2.85. The molecule has 6 rings (SSSR count). The van der Waals surface area contributed by atoms with E-state index >= 15 is 0 Å². The zero-order valence-corrected chi connectivity index (χ0v) is 20.0. The summed E-state index contributed by atoms with van der Waals surface area (Å²) in [6.07, 6.45) is 3.76. The number of aryl methyl sites for hydroxylation is 1. The predicted molar refractivity (Wildman–Crippen MR) is 130 cm³/mol. The first-order chi connectivity index (χ1) is 15.3. The molecule has 2 aromatic heterocycles. The summed E-state index contributed by atoms with van der Waals surface area (Å²) in [7, 11) is 0. The third-order valence-electron chi connectivity index (χ3n) is 5.48. The van der Waals surface area contributed by atoms with Crippen LogP contribution in [0.5, 0.6) is 0 Å². The fourth-order valence-corrected chi connectivity index (χ4v) is 3.90. The number of aromatic nitrogens is 2. The molecule has 6 aromatic rings. The van der Waals surface area contributed by atoms with E-state index in [1.54, 1.807) is 0 Å². The van der Waals surface area contributed by atoms with Gasteiger partial charge in [0.2, 0.25) is 0 Å². The van der Waals surface area contributed by atoms with Gasteiger partial charge in [0.15, 0.2) is 0 Å². The van der Waals surface area contributed by atoms with Gasteiger partial charge in [-0.25, -0.2) is 0 Å². The molecule has 157 valence electrons. The number of nitrogens with zero attached hydrogens (tertiary/aromatic N) is 2. The summed E-state index contributed by atoms with van der Waals surface area (Å²) in [5.41, 5.74) is 4.55. The van der Waals surface area contributed by atoms with Crippen molar-refractivity contribution in [3.8, 4) is 11.3 Å². The Morgan fingerprint density at radius 3 is 2.28 bits per heavy atom. The van der Waals surface area contributed by atoms with Gasteiger partial charge in [-0.05, 0) is 46.3 Å². The van der Waals surface area contributed by atoms with Crippen LogP contribution < -0.4 is 0 Å². The second kappa shape index (κ2) is 9.82. The Balaban J connectivity index is 0.000000157. The molecule has 2 nitrogen and oxygen atoms in total. The molecule has 3 heteroatoms. The molecule has 2 heterocycles. The third-order valence-corrected chi connectivity index (χ3v) is 5.48. The van der Waals surface area contributed by atoms with Crippen molar-refractivity contribution in [2.45, 2.75) is 6.92 Å². The van der Waals surface area contributed by atoms with Crippen molar-refractivity contribution in [3.05, 3.63) is 121 Å². The first-order valence-electron chi connectivity index (χ1n) is 10.4. The minimum atomic E-state index is 0. The fourth-order valence-electron chi connectivity index (χ4n) is 3.90. The Bertz CT molecular complexity index is 1420. The van der Waals surface area contributed by atoms with Crippen LogP contribution in [0.25, 0.3) is 43.7 Å². The SMILES string of the molecule is Cc1ccccc1-c1ccccn1.[Ir].[c-]1cccc2ccc3c4ccccc4cnc3c12. The van der Waals surface area contributed by atoms with Gasteiger partial charge in [0.05, 0.1) is 5.69 Å². The molecular formula is C29H21IrN2-. The molecule has 0 aliphatic carbocycles. The zero-order chi connectivity index (χ0) is 21.0. The van der Waals surface area contributed by atoms with Crippen LogP contribution in [0.2, 0.25) is 0 Å². The number of fused-ring (bicyclic) bond motifs is 5. The van der Waals surface area contributed by atoms with Gasteiger partial charge < -0.3 is 4.98 Å². The van der Waals surface area contributed by atoms with Crippen molar-refractivity contribution in [1.82, 2.24) is 9.97 Å². The van der Waals surface area contributed by atoms with E-state index in [4.69, 9.17) is 0 Å². The topological polar surface area (TPSA) is 25.8 Å². The second-order valence-electron chi connectivity index (χ2n) is 7.47. The van der Waals surface area contributed by atoms with Gasteiger partial charge in [-0.15, -0.1) is 35.0 Å². The van der Waals surface area contributed by atoms with E-state index < -0.39 is 0 Å². The van der Waals surface area contributed by atoms with E-state index in [9.17, 15) is 0 Å². The summed E-state index contributed by atoms with van der Waals surface area (Å²) < 4.78 is 0. The Labute approximate surface area is 201 Å². The molecule has 0 aliphatic rings. The molecule has 0 atom stereocenters. The van der Waals surface area contributed by atoms with Gasteiger partial charge in [-0.1, -0.05) is 66.7 Å². The summed E-state index contributed by atoms with van der Waals surface area (Å²) in [6, 6.07) is 36.3. The van der Waals surface area contributed by atoms with Gasteiger partial charge in [0.1, 0.15) is 0 Å². The molecular weight excluding hydrogens is 569 g/mol. The first kappa shape index (κ1) is 21.8. The monoisotopic (exact) mass is 590 g/mol. The van der Waals surface area contributed by atoms with Gasteiger partial charge >= 0.3 is 0 Å². The maximum atomic E-state index is 4.61. The van der Waals surface area contributed by atoms with E-state index in [1.807, 2.05) is 60.9 Å². The van der Waals surface area contributed by atoms with Crippen LogP contribution in [0.1, 0.15) is 5.56 Å². The largest absolute Gasteiger partial charge is 0.303 e. The molecule has 0 unspecified atom stereocenters. The van der Waals surface area contributed by atoms with E-state index in [1.165, 1.54) is 32.7 Å². The third kappa shape index (κ3) is 4.31. The maximum absolute atomic E-state index is 4.61. The van der Waals surface area contributed by atoms with E-state index in [0.29, 0.717) is 0 Å². The molecule has 0 spiro atoms. The maximum Gasteiger partial charge on any atom is 0.0704 e. The van der Waals surface area contributed by atoms with E-state index in [2.05, 4.69) is 71.5 Å². The van der Waals surface area contributed by atoms with Gasteiger partial charge in [0.25, 0.3) is 0 Å². The fraction of sp³-hybridized carbons (Fsp3) is 0.0345. The molecule has 1 radical (unpaired) electrons. The van der Waals surface area contributed by atoms with Crippen LogP contribution in [-0.4, -0.2) is 9.97 Å². The standard InChI is InChI=1S/C17H10N.C12H11N.Ir/c1-4-8-15-12(5-1)9-10-16-14-7-3-2-6-13(14)11-18-17(15)16;1-10-6-2-3-7-11(10)12-8-4-5-9-13-12;/h1-7,9-11H;2-9H,1H3;/q-1;;. The first-order valence-corrected chi connectivity index (χ1v) is 10.4. The minimum Gasteiger partial charge on any atom is -0.303 e. The Morgan fingerprint density at radius 1 is 0.656 bits per heavy atom. The summed E-state index contributed by atoms with van der Waals surface area (Å²) in [4.78, 5) is 8.92. The average molecular weight is 590 g/mol.